The standard InChI is InChI=1S/C17H23BrFN3O3/c1-3-20-16(23)11-21-6-8-22(9-7-21)17(24)12(2)25-15-5-4-13(19)10-14(15)18/h4-5,10,12H,3,6-9,11H2,1-2H3,(H,20,23). The van der Waals surface area contributed by atoms with Gasteiger partial charge in [-0.3, -0.25) is 14.5 Å². The van der Waals surface area contributed by atoms with Crippen molar-refractivity contribution >= 4 is 27.7 Å². The largest absolute Gasteiger partial charge is 0.480 e. The molecule has 1 heterocycles. The second kappa shape index (κ2) is 9.15. The first kappa shape index (κ1) is 19.7. The highest BCUT2D eigenvalue weighted by molar-refractivity contribution is 9.10. The highest BCUT2D eigenvalue weighted by Crippen LogP contribution is 2.26. The number of ether oxygens (including phenoxy) is 1. The van der Waals surface area contributed by atoms with Crippen molar-refractivity contribution in [3.8, 4) is 5.75 Å². The molecule has 6 nitrogen and oxygen atoms in total. The molecule has 1 saturated heterocycles. The van der Waals surface area contributed by atoms with Crippen LogP contribution in [0.5, 0.6) is 5.75 Å². The lowest BCUT2D eigenvalue weighted by molar-refractivity contribution is -0.139. The first-order chi connectivity index (χ1) is 11.9. The lowest BCUT2D eigenvalue weighted by Crippen LogP contribution is -2.53. The van der Waals surface area contributed by atoms with E-state index in [1.807, 2.05) is 11.8 Å². The van der Waals surface area contributed by atoms with Crippen LogP contribution in [0.2, 0.25) is 0 Å². The van der Waals surface area contributed by atoms with Crippen molar-refractivity contribution in [2.75, 3.05) is 39.3 Å². The number of likely N-dealkylation sites (N-methyl/N-ethyl adjacent to an activating group) is 1. The minimum atomic E-state index is -0.670. The van der Waals surface area contributed by atoms with E-state index >= 15 is 0 Å². The molecule has 25 heavy (non-hydrogen) atoms. The fraction of sp³-hybridized carbons (Fsp3) is 0.529. The number of carbonyl (C=O) groups excluding carboxylic acids is 2. The molecule has 1 aliphatic rings. The van der Waals surface area contributed by atoms with E-state index in [1.54, 1.807) is 11.8 Å². The summed E-state index contributed by atoms with van der Waals surface area (Å²) in [6, 6.07) is 4.08. The molecular weight excluding hydrogens is 393 g/mol. The Morgan fingerprint density at radius 2 is 2.00 bits per heavy atom. The van der Waals surface area contributed by atoms with Gasteiger partial charge in [0, 0.05) is 32.7 Å². The number of rotatable bonds is 6. The quantitative estimate of drug-likeness (QED) is 0.766. The van der Waals surface area contributed by atoms with Crippen LogP contribution in [0, 0.1) is 5.82 Å². The second-order valence-corrected chi connectivity index (χ2v) is 6.74. The number of piperazine rings is 1. The topological polar surface area (TPSA) is 61.9 Å². The predicted molar refractivity (Wildman–Crippen MR) is 95.9 cm³/mol. The van der Waals surface area contributed by atoms with Crippen LogP contribution in [0.4, 0.5) is 4.39 Å². The minimum Gasteiger partial charge on any atom is -0.480 e. The zero-order valence-electron chi connectivity index (χ0n) is 14.4. The molecule has 0 bridgehead atoms. The van der Waals surface area contributed by atoms with E-state index < -0.39 is 6.10 Å². The number of nitrogens with zero attached hydrogens (tertiary/aromatic N) is 2. The minimum absolute atomic E-state index is 0.000128. The molecule has 0 radical (unpaired) electrons. The predicted octanol–water partition coefficient (Wildman–Crippen LogP) is 1.64. The van der Waals surface area contributed by atoms with Gasteiger partial charge < -0.3 is 15.0 Å². The zero-order valence-corrected chi connectivity index (χ0v) is 16.0. The number of carbonyl (C=O) groups is 2. The highest BCUT2D eigenvalue weighted by atomic mass is 79.9. The molecule has 1 N–H and O–H groups in total. The number of halogens is 2. The number of hydrogen-bond donors (Lipinski definition) is 1. The van der Waals surface area contributed by atoms with E-state index in [0.717, 1.165) is 0 Å². The maximum atomic E-state index is 13.1. The third-order valence-corrected chi connectivity index (χ3v) is 4.59. The van der Waals surface area contributed by atoms with Crippen molar-refractivity contribution in [3.05, 3.63) is 28.5 Å². The second-order valence-electron chi connectivity index (χ2n) is 5.89. The van der Waals surface area contributed by atoms with Crippen LogP contribution in [0.3, 0.4) is 0 Å². The highest BCUT2D eigenvalue weighted by Gasteiger charge is 2.27. The first-order valence-electron chi connectivity index (χ1n) is 8.30. The van der Waals surface area contributed by atoms with Crippen molar-refractivity contribution in [1.29, 1.82) is 0 Å². The molecule has 2 rings (SSSR count). The SMILES string of the molecule is CCNC(=O)CN1CCN(C(=O)C(C)Oc2ccc(F)cc2Br)CC1. The van der Waals surface area contributed by atoms with Crippen LogP contribution in [0.25, 0.3) is 0 Å². The molecule has 1 aliphatic heterocycles. The normalized spacial score (nSPS) is 16.4. The Kier molecular flexibility index (Phi) is 7.19. The van der Waals surface area contributed by atoms with E-state index in [-0.39, 0.29) is 17.6 Å². The average Bonchev–Trinajstić information content (AvgIpc) is 2.57. The zero-order chi connectivity index (χ0) is 18.4. The molecule has 0 spiro atoms. The molecule has 1 fully saturated rings. The Morgan fingerprint density at radius 3 is 2.60 bits per heavy atom. The molecule has 1 atom stereocenters. The third-order valence-electron chi connectivity index (χ3n) is 3.97. The van der Waals surface area contributed by atoms with Gasteiger partial charge in [-0.05, 0) is 48.0 Å². The molecule has 1 aromatic carbocycles. The number of amides is 2. The van der Waals surface area contributed by atoms with Crippen LogP contribution >= 0.6 is 15.9 Å². The molecule has 138 valence electrons. The van der Waals surface area contributed by atoms with Gasteiger partial charge in [-0.2, -0.15) is 0 Å². The van der Waals surface area contributed by atoms with Crippen molar-refractivity contribution in [1.82, 2.24) is 15.1 Å². The number of benzene rings is 1. The van der Waals surface area contributed by atoms with Crippen molar-refractivity contribution in [3.63, 3.8) is 0 Å². The summed E-state index contributed by atoms with van der Waals surface area (Å²) in [5, 5.41) is 2.77. The summed E-state index contributed by atoms with van der Waals surface area (Å²) in [5.41, 5.74) is 0. The van der Waals surface area contributed by atoms with Crippen molar-refractivity contribution in [2.45, 2.75) is 20.0 Å². The van der Waals surface area contributed by atoms with Crippen LogP contribution in [0.15, 0.2) is 22.7 Å². The van der Waals surface area contributed by atoms with Gasteiger partial charge in [0.05, 0.1) is 11.0 Å². The Balaban J connectivity index is 1.84. The molecule has 0 aromatic heterocycles. The van der Waals surface area contributed by atoms with Crippen LogP contribution in [0.1, 0.15) is 13.8 Å². The summed E-state index contributed by atoms with van der Waals surface area (Å²) < 4.78 is 19.2. The van der Waals surface area contributed by atoms with E-state index in [0.29, 0.717) is 49.5 Å². The Hall–Kier alpha value is -1.67. The van der Waals surface area contributed by atoms with Gasteiger partial charge in [0.15, 0.2) is 6.10 Å². The lowest BCUT2D eigenvalue weighted by Gasteiger charge is -2.35. The molecule has 1 unspecified atom stereocenters. The Labute approximate surface area is 155 Å². The lowest BCUT2D eigenvalue weighted by atomic mass is 10.2. The van der Waals surface area contributed by atoms with Gasteiger partial charge in [0.1, 0.15) is 11.6 Å². The first-order valence-corrected chi connectivity index (χ1v) is 9.09. The smallest absolute Gasteiger partial charge is 0.263 e. The van der Waals surface area contributed by atoms with E-state index in [9.17, 15) is 14.0 Å². The monoisotopic (exact) mass is 415 g/mol. The Morgan fingerprint density at radius 1 is 1.32 bits per heavy atom. The van der Waals surface area contributed by atoms with Gasteiger partial charge >= 0.3 is 0 Å². The maximum absolute atomic E-state index is 13.1. The van der Waals surface area contributed by atoms with E-state index in [4.69, 9.17) is 4.74 Å². The summed E-state index contributed by atoms with van der Waals surface area (Å²) in [4.78, 5) is 27.9. The fourth-order valence-electron chi connectivity index (χ4n) is 2.65. The van der Waals surface area contributed by atoms with E-state index in [1.165, 1.54) is 18.2 Å². The molecule has 0 aliphatic carbocycles. The van der Waals surface area contributed by atoms with Gasteiger partial charge in [0.2, 0.25) is 5.91 Å². The number of nitrogens with one attached hydrogen (secondary N) is 1. The fourth-order valence-corrected chi connectivity index (χ4v) is 3.10. The molecular formula is C17H23BrFN3O3. The summed E-state index contributed by atoms with van der Waals surface area (Å²) in [7, 11) is 0. The average molecular weight is 416 g/mol. The summed E-state index contributed by atoms with van der Waals surface area (Å²) in [5.74, 6) is -0.0624. The van der Waals surface area contributed by atoms with Crippen molar-refractivity contribution in [2.24, 2.45) is 0 Å². The molecule has 8 heteroatoms. The van der Waals surface area contributed by atoms with Crippen LogP contribution in [-0.4, -0.2) is 67.0 Å². The van der Waals surface area contributed by atoms with E-state index in [2.05, 4.69) is 21.2 Å². The van der Waals surface area contributed by atoms with Gasteiger partial charge in [0.25, 0.3) is 5.91 Å². The summed E-state index contributed by atoms with van der Waals surface area (Å²) in [6.07, 6.45) is -0.670. The van der Waals surface area contributed by atoms with Crippen LogP contribution < -0.4 is 10.1 Å². The van der Waals surface area contributed by atoms with Gasteiger partial charge in [-0.15, -0.1) is 0 Å². The maximum Gasteiger partial charge on any atom is 0.263 e. The Bertz CT molecular complexity index is 621. The number of hydrogen-bond acceptors (Lipinski definition) is 4. The van der Waals surface area contributed by atoms with Crippen LogP contribution in [-0.2, 0) is 9.59 Å². The summed E-state index contributed by atoms with van der Waals surface area (Å²) >= 11 is 3.23. The molecule has 2 amide bonds. The third kappa shape index (κ3) is 5.67. The molecule has 0 saturated carbocycles. The van der Waals surface area contributed by atoms with Gasteiger partial charge in [-0.25, -0.2) is 4.39 Å². The molecule has 1 aromatic rings. The van der Waals surface area contributed by atoms with Gasteiger partial charge in [-0.1, -0.05) is 0 Å². The van der Waals surface area contributed by atoms with Crippen molar-refractivity contribution < 1.29 is 18.7 Å². The summed E-state index contributed by atoms with van der Waals surface area (Å²) in [6.45, 7) is 6.93.